The fourth-order valence-electron chi connectivity index (χ4n) is 3.88. The van der Waals surface area contributed by atoms with Crippen molar-refractivity contribution in [1.29, 1.82) is 0 Å². The van der Waals surface area contributed by atoms with Crippen molar-refractivity contribution < 1.29 is 13.2 Å². The van der Waals surface area contributed by atoms with E-state index in [1.165, 1.54) is 5.56 Å². The van der Waals surface area contributed by atoms with E-state index in [2.05, 4.69) is 45.0 Å². The maximum atomic E-state index is 12.8. The summed E-state index contributed by atoms with van der Waals surface area (Å²) in [6, 6.07) is 10.3. The van der Waals surface area contributed by atoms with E-state index >= 15 is 0 Å². The number of Topliss-reactive ketones (excluding diaryl/α,β-unsaturated/α-hetero) is 1. The van der Waals surface area contributed by atoms with Crippen LogP contribution in [-0.4, -0.2) is 36.0 Å². The lowest BCUT2D eigenvalue weighted by Crippen LogP contribution is -2.14. The summed E-state index contributed by atoms with van der Waals surface area (Å²) in [5, 5.41) is 0. The van der Waals surface area contributed by atoms with Gasteiger partial charge in [-0.3, -0.25) is 4.79 Å². The van der Waals surface area contributed by atoms with E-state index in [0.29, 0.717) is 17.7 Å². The largest absolute Gasteiger partial charge is 0.344 e. The standard InChI is InChI=1S/C22H29NO3S2/c1-15-12-20(16(2)23(15)18-10-11-28(25,26)14-18)21(24)13-27-19-8-6-17(7-9-19)22(3,4)5/h6-9,12,18H,10-11,13-14H2,1-5H3/t18-/m0/s1. The molecule has 0 N–H and O–H groups in total. The molecule has 4 nitrogen and oxygen atoms in total. The first-order valence-corrected chi connectivity index (χ1v) is 12.4. The van der Waals surface area contributed by atoms with Gasteiger partial charge < -0.3 is 4.57 Å². The highest BCUT2D eigenvalue weighted by Crippen LogP contribution is 2.30. The Morgan fingerprint density at radius 3 is 2.36 bits per heavy atom. The molecule has 3 rings (SSSR count). The number of aryl methyl sites for hydroxylation is 1. The second-order valence-corrected chi connectivity index (χ2v) is 12.0. The normalized spacial score (nSPS) is 19.1. The van der Waals surface area contributed by atoms with Crippen molar-refractivity contribution in [3.8, 4) is 0 Å². The highest BCUT2D eigenvalue weighted by Gasteiger charge is 2.31. The van der Waals surface area contributed by atoms with Crippen molar-refractivity contribution in [2.45, 2.75) is 57.4 Å². The van der Waals surface area contributed by atoms with E-state index < -0.39 is 9.84 Å². The third kappa shape index (κ3) is 4.54. The summed E-state index contributed by atoms with van der Waals surface area (Å²) < 4.78 is 25.7. The highest BCUT2D eigenvalue weighted by atomic mass is 32.2. The lowest BCUT2D eigenvalue weighted by Gasteiger charge is -2.19. The maximum absolute atomic E-state index is 12.8. The molecule has 2 aromatic rings. The summed E-state index contributed by atoms with van der Waals surface area (Å²) in [6.45, 7) is 10.4. The van der Waals surface area contributed by atoms with Crippen LogP contribution in [0.3, 0.4) is 0 Å². The number of ketones is 1. The van der Waals surface area contributed by atoms with E-state index in [0.717, 1.165) is 16.3 Å². The summed E-state index contributed by atoms with van der Waals surface area (Å²) >= 11 is 1.54. The molecule has 0 bridgehead atoms. The molecule has 0 aliphatic carbocycles. The highest BCUT2D eigenvalue weighted by molar-refractivity contribution is 8.00. The zero-order chi connectivity index (χ0) is 20.7. The van der Waals surface area contributed by atoms with E-state index in [-0.39, 0.29) is 28.7 Å². The van der Waals surface area contributed by atoms with Gasteiger partial charge in [0.15, 0.2) is 15.6 Å². The Bertz CT molecular complexity index is 980. The predicted octanol–water partition coefficient (Wildman–Crippen LogP) is 4.74. The molecule has 152 valence electrons. The molecule has 1 aliphatic heterocycles. The van der Waals surface area contributed by atoms with Crippen molar-refractivity contribution >= 4 is 27.4 Å². The van der Waals surface area contributed by atoms with Crippen LogP contribution in [0.5, 0.6) is 0 Å². The van der Waals surface area contributed by atoms with Crippen LogP contribution in [0.25, 0.3) is 0 Å². The number of nitrogens with zero attached hydrogens (tertiary/aromatic N) is 1. The van der Waals surface area contributed by atoms with E-state index in [9.17, 15) is 13.2 Å². The third-order valence-corrected chi connectivity index (χ3v) is 8.21. The van der Waals surface area contributed by atoms with Gasteiger partial charge in [-0.2, -0.15) is 0 Å². The average molecular weight is 420 g/mol. The zero-order valence-electron chi connectivity index (χ0n) is 17.3. The second-order valence-electron chi connectivity index (χ2n) is 8.70. The van der Waals surface area contributed by atoms with Crippen LogP contribution in [0, 0.1) is 13.8 Å². The van der Waals surface area contributed by atoms with Crippen molar-refractivity contribution in [2.24, 2.45) is 0 Å². The molecule has 0 radical (unpaired) electrons. The Kier molecular flexibility index (Phi) is 5.84. The second kappa shape index (κ2) is 7.71. The summed E-state index contributed by atoms with van der Waals surface area (Å²) in [4.78, 5) is 13.9. The number of hydrogen-bond acceptors (Lipinski definition) is 4. The monoisotopic (exact) mass is 419 g/mol. The molecule has 6 heteroatoms. The van der Waals surface area contributed by atoms with Gasteiger partial charge in [0.05, 0.1) is 17.3 Å². The minimum Gasteiger partial charge on any atom is -0.344 e. The smallest absolute Gasteiger partial charge is 0.174 e. The van der Waals surface area contributed by atoms with E-state index in [4.69, 9.17) is 0 Å². The first-order valence-electron chi connectivity index (χ1n) is 9.63. The van der Waals surface area contributed by atoms with Crippen LogP contribution in [0.2, 0.25) is 0 Å². The van der Waals surface area contributed by atoms with Crippen molar-refractivity contribution in [1.82, 2.24) is 4.57 Å². The number of sulfone groups is 1. The SMILES string of the molecule is Cc1cc(C(=O)CSc2ccc(C(C)(C)C)cc2)c(C)n1[C@H]1CCS(=O)(=O)C1. The van der Waals surface area contributed by atoms with Gasteiger partial charge in [0, 0.05) is 27.9 Å². The molecule has 2 heterocycles. The number of carbonyl (C=O) groups is 1. The van der Waals surface area contributed by atoms with Crippen LogP contribution >= 0.6 is 11.8 Å². The quantitative estimate of drug-likeness (QED) is 0.519. The fraction of sp³-hybridized carbons (Fsp3) is 0.500. The summed E-state index contributed by atoms with van der Waals surface area (Å²) in [5.41, 5.74) is 3.94. The molecule has 28 heavy (non-hydrogen) atoms. The minimum absolute atomic E-state index is 0.0517. The number of benzene rings is 1. The number of thioether (sulfide) groups is 1. The summed E-state index contributed by atoms with van der Waals surface area (Å²) in [6.07, 6.45) is 0.626. The summed E-state index contributed by atoms with van der Waals surface area (Å²) in [7, 11) is -2.96. The van der Waals surface area contributed by atoms with Gasteiger partial charge in [-0.05, 0) is 49.4 Å². The molecule has 1 aromatic heterocycles. The Labute approximate surface area is 172 Å². The first kappa shape index (κ1) is 21.2. The molecule has 1 aromatic carbocycles. The molecule has 0 unspecified atom stereocenters. The van der Waals surface area contributed by atoms with Crippen LogP contribution in [-0.2, 0) is 15.3 Å². The summed E-state index contributed by atoms with van der Waals surface area (Å²) in [5.74, 6) is 0.872. The molecule has 1 fully saturated rings. The van der Waals surface area contributed by atoms with Crippen molar-refractivity contribution in [3.63, 3.8) is 0 Å². The molecule has 1 aliphatic rings. The molecule has 0 spiro atoms. The molecular weight excluding hydrogens is 390 g/mol. The number of hydrogen-bond donors (Lipinski definition) is 0. The lowest BCUT2D eigenvalue weighted by molar-refractivity contribution is 0.102. The fourth-order valence-corrected chi connectivity index (χ4v) is 6.36. The van der Waals surface area contributed by atoms with Gasteiger partial charge in [0.1, 0.15) is 0 Å². The maximum Gasteiger partial charge on any atom is 0.174 e. The number of carbonyl (C=O) groups excluding carboxylic acids is 1. The third-order valence-electron chi connectivity index (χ3n) is 5.45. The Morgan fingerprint density at radius 1 is 1.18 bits per heavy atom. The minimum atomic E-state index is -2.96. The molecule has 1 saturated heterocycles. The van der Waals surface area contributed by atoms with Crippen molar-refractivity contribution in [2.75, 3.05) is 17.3 Å². The number of rotatable bonds is 5. The first-order chi connectivity index (χ1) is 13.0. The van der Waals surface area contributed by atoms with Gasteiger partial charge in [0.2, 0.25) is 0 Å². The van der Waals surface area contributed by atoms with E-state index in [1.54, 1.807) is 11.8 Å². The van der Waals surface area contributed by atoms with Crippen molar-refractivity contribution in [3.05, 3.63) is 52.8 Å². The lowest BCUT2D eigenvalue weighted by atomic mass is 9.87. The van der Waals surface area contributed by atoms with Gasteiger partial charge in [-0.1, -0.05) is 32.9 Å². The predicted molar refractivity (Wildman–Crippen MR) is 116 cm³/mol. The molecule has 0 saturated carbocycles. The van der Waals surface area contributed by atoms with Crippen LogP contribution in [0.15, 0.2) is 35.2 Å². The topological polar surface area (TPSA) is 56.1 Å². The molecular formula is C22H29NO3S2. The number of aromatic nitrogens is 1. The molecule has 0 amide bonds. The van der Waals surface area contributed by atoms with Crippen LogP contribution in [0.4, 0.5) is 0 Å². The van der Waals surface area contributed by atoms with Gasteiger partial charge in [0.25, 0.3) is 0 Å². The molecule has 1 atom stereocenters. The average Bonchev–Trinajstić information content (AvgIpc) is 3.10. The van der Waals surface area contributed by atoms with Gasteiger partial charge in [-0.15, -0.1) is 11.8 Å². The Morgan fingerprint density at radius 2 is 1.82 bits per heavy atom. The van der Waals surface area contributed by atoms with Gasteiger partial charge in [-0.25, -0.2) is 8.42 Å². The Balaban J connectivity index is 1.71. The van der Waals surface area contributed by atoms with E-state index in [1.807, 2.05) is 24.5 Å². The Hall–Kier alpha value is -1.53. The van der Waals surface area contributed by atoms with Gasteiger partial charge >= 0.3 is 0 Å². The van der Waals surface area contributed by atoms with Crippen LogP contribution in [0.1, 0.15) is 60.5 Å². The zero-order valence-corrected chi connectivity index (χ0v) is 18.9. The van der Waals surface area contributed by atoms with Crippen LogP contribution < -0.4 is 0 Å².